The second-order valence-corrected chi connectivity index (χ2v) is 10.9. The molecule has 5 N–H and O–H groups in total. The van der Waals surface area contributed by atoms with Gasteiger partial charge in [0.25, 0.3) is 5.91 Å². The number of nitrogens with two attached hydrogens (primary N) is 2. The van der Waals surface area contributed by atoms with Crippen molar-refractivity contribution in [2.45, 2.75) is 57.7 Å². The van der Waals surface area contributed by atoms with Gasteiger partial charge in [-0.2, -0.15) is 8.78 Å². The van der Waals surface area contributed by atoms with E-state index in [9.17, 15) is 33.1 Å². The number of rotatable bonds is 10. The number of likely N-dealkylation sites (tertiary alicyclic amines) is 2. The Labute approximate surface area is 257 Å². The molecule has 0 unspecified atom stereocenters. The van der Waals surface area contributed by atoms with E-state index >= 15 is 0 Å². The van der Waals surface area contributed by atoms with Crippen molar-refractivity contribution in [1.29, 1.82) is 0 Å². The summed E-state index contributed by atoms with van der Waals surface area (Å²) in [6.45, 7) is -1.78. The van der Waals surface area contributed by atoms with E-state index in [1.807, 2.05) is 0 Å². The van der Waals surface area contributed by atoms with Gasteiger partial charge in [0.15, 0.2) is 23.0 Å². The van der Waals surface area contributed by atoms with Gasteiger partial charge in [-0.3, -0.25) is 14.4 Å². The van der Waals surface area contributed by atoms with Crippen molar-refractivity contribution in [2.24, 2.45) is 23.3 Å². The Morgan fingerprint density at radius 2 is 1.78 bits per heavy atom. The molecule has 1 aromatic carbocycles. The highest BCUT2D eigenvalue weighted by Crippen LogP contribution is 2.37. The number of aromatic nitrogens is 1. The van der Waals surface area contributed by atoms with E-state index < -0.39 is 36.5 Å². The minimum absolute atomic E-state index is 0.0184. The molecular formula is C29H37F2N5O9. The summed E-state index contributed by atoms with van der Waals surface area (Å²) in [6.07, 6.45) is 3.14. The Morgan fingerprint density at radius 3 is 2.36 bits per heavy atom. The van der Waals surface area contributed by atoms with E-state index in [1.165, 1.54) is 30.2 Å². The number of carbonyl (C=O) groups is 4. The lowest BCUT2D eigenvalue weighted by molar-refractivity contribution is -0.146. The molecule has 2 aromatic rings. The molecule has 1 aromatic heterocycles. The van der Waals surface area contributed by atoms with Crippen molar-refractivity contribution in [3.8, 4) is 23.0 Å². The minimum atomic E-state index is -3.02. The van der Waals surface area contributed by atoms with Gasteiger partial charge in [0.1, 0.15) is 6.04 Å². The number of ether oxygens (including phenoxy) is 3. The summed E-state index contributed by atoms with van der Waals surface area (Å²) in [5.41, 5.74) is 10.7. The van der Waals surface area contributed by atoms with E-state index in [0.717, 1.165) is 12.8 Å². The van der Waals surface area contributed by atoms with Crippen LogP contribution in [0.1, 0.15) is 54.8 Å². The summed E-state index contributed by atoms with van der Waals surface area (Å²) in [7, 11) is 1.22. The lowest BCUT2D eigenvalue weighted by Crippen LogP contribution is -2.50. The van der Waals surface area contributed by atoms with Gasteiger partial charge in [-0.05, 0) is 62.6 Å². The summed E-state index contributed by atoms with van der Waals surface area (Å²) < 4.78 is 45.9. The molecule has 5 rings (SSSR count). The number of oxazole rings is 1. The van der Waals surface area contributed by atoms with Gasteiger partial charge in [0, 0.05) is 25.2 Å². The number of amides is 3. The third-order valence-electron chi connectivity index (χ3n) is 7.82. The Bertz CT molecular complexity index is 1380. The van der Waals surface area contributed by atoms with Crippen molar-refractivity contribution in [2.75, 3.05) is 33.4 Å². The topological polar surface area (TPSA) is 201 Å². The Kier molecular flexibility index (Phi) is 11.1. The van der Waals surface area contributed by atoms with Crippen LogP contribution in [0.4, 0.5) is 13.6 Å². The highest BCUT2D eigenvalue weighted by Gasteiger charge is 2.40. The molecule has 0 radical (unpaired) electrons. The van der Waals surface area contributed by atoms with Gasteiger partial charge in [-0.15, -0.1) is 0 Å². The molecule has 45 heavy (non-hydrogen) atoms. The summed E-state index contributed by atoms with van der Waals surface area (Å²) in [5, 5.41) is 9.24. The highest BCUT2D eigenvalue weighted by molar-refractivity contribution is 5.97. The summed E-state index contributed by atoms with van der Waals surface area (Å²) in [4.78, 5) is 55.0. The van der Waals surface area contributed by atoms with E-state index in [1.54, 1.807) is 4.90 Å². The van der Waals surface area contributed by atoms with Crippen LogP contribution in [0.2, 0.25) is 0 Å². The number of carboxylic acids is 1. The van der Waals surface area contributed by atoms with E-state index in [-0.39, 0.29) is 41.3 Å². The third-order valence-corrected chi connectivity index (χ3v) is 7.82. The molecule has 0 bridgehead atoms. The number of piperidine rings is 1. The number of hydrogen-bond acceptors (Lipinski definition) is 10. The molecule has 3 heterocycles. The lowest BCUT2D eigenvalue weighted by atomic mass is 9.96. The zero-order valence-electron chi connectivity index (χ0n) is 24.8. The van der Waals surface area contributed by atoms with Crippen LogP contribution in [0.5, 0.6) is 11.5 Å². The van der Waals surface area contributed by atoms with Crippen molar-refractivity contribution < 1.29 is 51.7 Å². The number of methoxy groups -OCH3 is 1. The number of carbonyl (C=O) groups excluding carboxylic acids is 3. The second-order valence-electron chi connectivity index (χ2n) is 10.9. The highest BCUT2D eigenvalue weighted by atomic mass is 19.3. The molecule has 2 saturated heterocycles. The van der Waals surface area contributed by atoms with Gasteiger partial charge >= 0.3 is 18.7 Å². The number of primary amides is 1. The second kappa shape index (κ2) is 15.0. The molecular weight excluding hydrogens is 600 g/mol. The predicted molar refractivity (Wildman–Crippen MR) is 152 cm³/mol. The van der Waals surface area contributed by atoms with Gasteiger partial charge in [-0.1, -0.05) is 0 Å². The first-order chi connectivity index (χ1) is 21.5. The van der Waals surface area contributed by atoms with E-state index in [4.69, 9.17) is 14.9 Å². The molecule has 2 aliphatic heterocycles. The minimum Gasteiger partial charge on any atom is -0.489 e. The molecule has 3 amide bonds. The van der Waals surface area contributed by atoms with Crippen LogP contribution in [0.15, 0.2) is 22.6 Å². The Balaban J connectivity index is 0.000000854. The number of benzene rings is 1. The van der Waals surface area contributed by atoms with Gasteiger partial charge in [0.2, 0.25) is 11.8 Å². The zero-order valence-corrected chi connectivity index (χ0v) is 24.8. The third kappa shape index (κ3) is 8.59. The van der Waals surface area contributed by atoms with Crippen LogP contribution in [-0.4, -0.2) is 89.8 Å². The molecule has 246 valence electrons. The lowest BCUT2D eigenvalue weighted by Gasteiger charge is -2.34. The molecule has 1 saturated carbocycles. The fourth-order valence-electron chi connectivity index (χ4n) is 5.18. The fraction of sp³-hybridized carbons (Fsp3) is 0.552. The van der Waals surface area contributed by atoms with E-state index in [2.05, 4.69) is 20.2 Å². The van der Waals surface area contributed by atoms with Crippen LogP contribution < -0.4 is 20.9 Å². The first-order valence-electron chi connectivity index (χ1n) is 14.6. The van der Waals surface area contributed by atoms with Crippen LogP contribution in [0.25, 0.3) is 11.5 Å². The zero-order chi connectivity index (χ0) is 32.7. The number of hydrogen-bond donors (Lipinski definition) is 3. The molecule has 16 heteroatoms. The molecule has 14 nitrogen and oxygen atoms in total. The first-order valence-corrected chi connectivity index (χ1v) is 14.6. The SMILES string of the molecule is COC(N)=O.NCc1oc(-c2ccc(OC(F)F)c(OCC3CC3)c2)nc1C(=O)N1CCC[C@H]1C(=O)N1CCC(C(=O)O)CC1. The largest absolute Gasteiger partial charge is 0.489 e. The molecule has 3 aliphatic rings. The van der Waals surface area contributed by atoms with Crippen molar-refractivity contribution >= 4 is 23.9 Å². The summed E-state index contributed by atoms with van der Waals surface area (Å²) in [5.74, 6) is -1.48. The Morgan fingerprint density at radius 1 is 1.09 bits per heavy atom. The number of aliphatic carboxylic acids is 1. The maximum Gasteiger partial charge on any atom is 0.404 e. The average molecular weight is 638 g/mol. The average Bonchev–Trinajstić information content (AvgIpc) is 3.54. The number of nitrogens with zero attached hydrogens (tertiary/aromatic N) is 3. The standard InChI is InChI=1S/C27H32F2N4O7.C2H5NO2/c28-27(29)40-19-6-5-17(12-20(19)38-14-15-3-4-15)23-31-22(21(13-30)39-23)25(35)33-9-1-2-18(33)24(34)32-10-7-16(8-11-32)26(36)37;1-5-2(3)4/h5-6,12,15-16,18,27H,1-4,7-11,13-14,30H2,(H,36,37);1H3,(H2,3,4)/t18-;/m0./s1. The van der Waals surface area contributed by atoms with Gasteiger partial charge < -0.3 is 45.0 Å². The van der Waals surface area contributed by atoms with Gasteiger partial charge in [-0.25, -0.2) is 9.78 Å². The van der Waals surface area contributed by atoms with E-state index in [0.29, 0.717) is 63.4 Å². The number of halogens is 2. The molecule has 3 fully saturated rings. The molecule has 0 spiro atoms. The monoisotopic (exact) mass is 637 g/mol. The summed E-state index contributed by atoms with van der Waals surface area (Å²) >= 11 is 0. The van der Waals surface area contributed by atoms with Crippen LogP contribution >= 0.6 is 0 Å². The van der Waals surface area contributed by atoms with Crippen molar-refractivity contribution in [1.82, 2.24) is 14.8 Å². The predicted octanol–water partition coefficient (Wildman–Crippen LogP) is 2.83. The first kappa shape index (κ1) is 33.4. The quantitative estimate of drug-likeness (QED) is 0.346. The number of alkyl halides is 2. The van der Waals surface area contributed by atoms with Crippen LogP contribution in [0.3, 0.4) is 0 Å². The maximum atomic E-state index is 13.6. The van der Waals surface area contributed by atoms with Crippen molar-refractivity contribution in [3.63, 3.8) is 0 Å². The van der Waals surface area contributed by atoms with Gasteiger partial charge in [0.05, 0.1) is 26.2 Å². The number of carboxylic acid groups (broad SMARTS) is 1. The smallest absolute Gasteiger partial charge is 0.404 e. The fourth-order valence-corrected chi connectivity index (χ4v) is 5.18. The normalized spacial score (nSPS) is 18.3. The van der Waals surface area contributed by atoms with Crippen LogP contribution in [0, 0.1) is 11.8 Å². The Hall–Kier alpha value is -4.47. The molecule has 1 atom stereocenters. The van der Waals surface area contributed by atoms with Crippen molar-refractivity contribution in [3.05, 3.63) is 29.7 Å². The summed E-state index contributed by atoms with van der Waals surface area (Å²) in [6, 6.07) is 3.60. The van der Waals surface area contributed by atoms with Crippen LogP contribution in [-0.2, 0) is 20.9 Å². The molecule has 1 aliphatic carbocycles. The maximum absolute atomic E-state index is 13.6.